The van der Waals surface area contributed by atoms with Gasteiger partial charge in [0.15, 0.2) is 4.90 Å². The lowest BCUT2D eigenvalue weighted by Gasteiger charge is -2.10. The first-order valence-electron chi connectivity index (χ1n) is 6.29. The summed E-state index contributed by atoms with van der Waals surface area (Å²) in [6.07, 6.45) is 4.14. The summed E-state index contributed by atoms with van der Waals surface area (Å²) in [5, 5.41) is 3.83. The van der Waals surface area contributed by atoms with Crippen LogP contribution >= 0.6 is 0 Å². The average Bonchev–Trinajstić information content (AvgIpc) is 2.81. The third-order valence-corrected chi connectivity index (χ3v) is 4.60. The maximum absolute atomic E-state index is 12.2. The molecular formula is C11H12N4O5S. The van der Waals surface area contributed by atoms with Gasteiger partial charge in [0, 0.05) is 11.8 Å². The van der Waals surface area contributed by atoms with Crippen LogP contribution in [0.4, 0.5) is 5.88 Å². The Bertz CT molecular complexity index is 892. The van der Waals surface area contributed by atoms with Gasteiger partial charge in [-0.3, -0.25) is 9.78 Å². The van der Waals surface area contributed by atoms with Crippen LogP contribution < -0.4 is 16.0 Å². The number of hydrogen-bond acceptors (Lipinski definition) is 6. The zero-order valence-electron chi connectivity index (χ0n) is 10.8. The molecule has 0 aliphatic heterocycles. The van der Waals surface area contributed by atoms with Gasteiger partial charge >= 0.3 is 5.69 Å². The van der Waals surface area contributed by atoms with E-state index >= 15 is 0 Å². The van der Waals surface area contributed by atoms with Crippen molar-refractivity contribution in [3.8, 4) is 0 Å². The molecule has 2 heterocycles. The monoisotopic (exact) mass is 312 g/mol. The lowest BCUT2D eigenvalue weighted by Crippen LogP contribution is -2.29. The molecular weight excluding hydrogens is 300 g/mol. The Hall–Kier alpha value is -2.36. The highest BCUT2D eigenvalue weighted by Gasteiger charge is 2.25. The predicted molar refractivity (Wildman–Crippen MR) is 71.6 cm³/mol. The highest BCUT2D eigenvalue weighted by molar-refractivity contribution is 7.92. The molecule has 2 aromatic rings. The van der Waals surface area contributed by atoms with Crippen molar-refractivity contribution in [3.63, 3.8) is 0 Å². The molecule has 0 amide bonds. The molecule has 0 aromatic carbocycles. The SMILES string of the molecule is O=c1[nH]cc(S(=O)(=O)Nc2onc3c2CCCC3)c(=O)[nH]1. The van der Waals surface area contributed by atoms with Gasteiger partial charge in [0.1, 0.15) is 0 Å². The topological polar surface area (TPSA) is 138 Å². The number of hydrogen-bond donors (Lipinski definition) is 3. The third kappa shape index (κ3) is 2.49. The van der Waals surface area contributed by atoms with Gasteiger partial charge in [-0.05, 0) is 25.7 Å². The van der Waals surface area contributed by atoms with Crippen molar-refractivity contribution in [1.82, 2.24) is 15.1 Å². The predicted octanol–water partition coefficient (Wildman–Crippen LogP) is -0.269. The van der Waals surface area contributed by atoms with Gasteiger partial charge in [-0.25, -0.2) is 17.9 Å². The van der Waals surface area contributed by atoms with E-state index in [9.17, 15) is 18.0 Å². The van der Waals surface area contributed by atoms with Crippen LogP contribution in [-0.4, -0.2) is 23.5 Å². The van der Waals surface area contributed by atoms with Crippen LogP contribution in [0.3, 0.4) is 0 Å². The number of aromatic nitrogens is 3. The Morgan fingerprint density at radius 1 is 1.24 bits per heavy atom. The van der Waals surface area contributed by atoms with Crippen LogP contribution in [-0.2, 0) is 22.9 Å². The third-order valence-electron chi connectivity index (χ3n) is 3.26. The second-order valence-electron chi connectivity index (χ2n) is 4.69. The van der Waals surface area contributed by atoms with Crippen LogP contribution in [0.25, 0.3) is 0 Å². The summed E-state index contributed by atoms with van der Waals surface area (Å²) in [5.41, 5.74) is -0.337. The summed E-state index contributed by atoms with van der Waals surface area (Å²) < 4.78 is 31.6. The Morgan fingerprint density at radius 3 is 2.76 bits per heavy atom. The fourth-order valence-corrected chi connectivity index (χ4v) is 3.27. The number of nitrogens with zero attached hydrogens (tertiary/aromatic N) is 1. The lowest BCUT2D eigenvalue weighted by molar-refractivity contribution is 0.426. The van der Waals surface area contributed by atoms with Gasteiger partial charge in [0.25, 0.3) is 15.6 Å². The van der Waals surface area contributed by atoms with Crippen molar-refractivity contribution >= 4 is 15.9 Å². The standard InChI is InChI=1S/C11H12N4O5S/c16-9-8(5-12-11(17)13-9)21(18,19)15-10-6-3-1-2-4-7(6)14-20-10/h5,15H,1-4H2,(H2,12,13,16,17). The van der Waals surface area contributed by atoms with E-state index in [1.165, 1.54) is 0 Å². The van der Waals surface area contributed by atoms with E-state index in [1.54, 1.807) is 0 Å². The highest BCUT2D eigenvalue weighted by atomic mass is 32.2. The van der Waals surface area contributed by atoms with Crippen LogP contribution in [0.2, 0.25) is 0 Å². The number of aromatic amines is 2. The van der Waals surface area contributed by atoms with E-state index in [4.69, 9.17) is 4.52 Å². The number of anilines is 1. The minimum Gasteiger partial charge on any atom is -0.337 e. The fraction of sp³-hybridized carbons (Fsp3) is 0.364. The number of rotatable bonds is 3. The van der Waals surface area contributed by atoms with Crippen LogP contribution in [0.5, 0.6) is 0 Å². The zero-order valence-corrected chi connectivity index (χ0v) is 11.6. The van der Waals surface area contributed by atoms with E-state index in [1.807, 2.05) is 4.98 Å². The van der Waals surface area contributed by atoms with Crippen molar-refractivity contribution in [2.45, 2.75) is 30.6 Å². The summed E-state index contributed by atoms with van der Waals surface area (Å²) in [6.45, 7) is 0. The normalized spacial score (nSPS) is 14.7. The summed E-state index contributed by atoms with van der Waals surface area (Å²) in [4.78, 5) is 25.9. The molecule has 0 radical (unpaired) electrons. The number of aryl methyl sites for hydroxylation is 1. The van der Waals surface area contributed by atoms with E-state index < -0.39 is 26.2 Å². The smallest absolute Gasteiger partial charge is 0.325 e. The highest BCUT2D eigenvalue weighted by Crippen LogP contribution is 2.28. The first-order valence-corrected chi connectivity index (χ1v) is 7.78. The van der Waals surface area contributed by atoms with Crippen LogP contribution in [0.1, 0.15) is 24.1 Å². The quantitative estimate of drug-likeness (QED) is 0.713. The second kappa shape index (κ2) is 4.88. The molecule has 10 heteroatoms. The van der Waals surface area contributed by atoms with E-state index in [-0.39, 0.29) is 5.88 Å². The first kappa shape index (κ1) is 13.6. The zero-order chi connectivity index (χ0) is 15.0. The minimum atomic E-state index is -4.16. The summed E-state index contributed by atoms with van der Waals surface area (Å²) in [6, 6.07) is 0. The molecule has 9 nitrogen and oxygen atoms in total. The molecule has 2 aromatic heterocycles. The van der Waals surface area contributed by atoms with Crippen molar-refractivity contribution < 1.29 is 12.9 Å². The molecule has 0 saturated heterocycles. The number of nitrogens with one attached hydrogen (secondary N) is 3. The number of fused-ring (bicyclic) bond motifs is 1. The maximum Gasteiger partial charge on any atom is 0.325 e. The molecule has 0 spiro atoms. The fourth-order valence-electron chi connectivity index (χ4n) is 2.24. The molecule has 1 aliphatic carbocycles. The molecule has 3 rings (SSSR count). The molecule has 0 fully saturated rings. The number of sulfonamides is 1. The minimum absolute atomic E-state index is 0.0234. The second-order valence-corrected chi connectivity index (χ2v) is 6.34. The summed E-state index contributed by atoms with van der Waals surface area (Å²) >= 11 is 0. The summed E-state index contributed by atoms with van der Waals surface area (Å²) in [7, 11) is -4.16. The van der Waals surface area contributed by atoms with Gasteiger partial charge in [0.2, 0.25) is 5.88 Å². The van der Waals surface area contributed by atoms with Gasteiger partial charge < -0.3 is 9.51 Å². The Kier molecular flexibility index (Phi) is 3.16. The maximum atomic E-state index is 12.2. The van der Waals surface area contributed by atoms with Crippen LogP contribution in [0, 0.1) is 0 Å². The largest absolute Gasteiger partial charge is 0.337 e. The Balaban J connectivity index is 1.98. The van der Waals surface area contributed by atoms with Crippen molar-refractivity contribution in [2.75, 3.05) is 4.72 Å². The van der Waals surface area contributed by atoms with Gasteiger partial charge in [-0.2, -0.15) is 0 Å². The first-order chi connectivity index (χ1) is 9.97. The summed E-state index contributed by atoms with van der Waals surface area (Å²) in [5.74, 6) is 0.0234. The van der Waals surface area contributed by atoms with E-state index in [0.29, 0.717) is 12.0 Å². The van der Waals surface area contributed by atoms with E-state index in [0.717, 1.165) is 31.2 Å². The van der Waals surface area contributed by atoms with Crippen molar-refractivity contribution in [2.24, 2.45) is 0 Å². The van der Waals surface area contributed by atoms with E-state index in [2.05, 4.69) is 14.9 Å². The number of H-pyrrole nitrogens is 2. The Labute approximate surface area is 118 Å². The molecule has 3 N–H and O–H groups in total. The molecule has 0 bridgehead atoms. The molecule has 0 unspecified atom stereocenters. The van der Waals surface area contributed by atoms with Crippen molar-refractivity contribution in [1.29, 1.82) is 0 Å². The average molecular weight is 312 g/mol. The molecule has 21 heavy (non-hydrogen) atoms. The molecule has 0 saturated carbocycles. The Morgan fingerprint density at radius 2 is 2.00 bits per heavy atom. The molecule has 1 aliphatic rings. The van der Waals surface area contributed by atoms with Gasteiger partial charge in [-0.15, -0.1) is 0 Å². The molecule has 0 atom stereocenters. The van der Waals surface area contributed by atoms with Gasteiger partial charge in [-0.1, -0.05) is 5.16 Å². The van der Waals surface area contributed by atoms with Crippen molar-refractivity contribution in [3.05, 3.63) is 38.3 Å². The van der Waals surface area contributed by atoms with Gasteiger partial charge in [0.05, 0.1) is 5.69 Å². The van der Waals surface area contributed by atoms with Crippen LogP contribution in [0.15, 0.2) is 25.2 Å². The lowest BCUT2D eigenvalue weighted by atomic mass is 9.98. The molecule has 112 valence electrons.